The minimum Gasteiger partial charge on any atom is -0.328 e. The molecule has 1 aliphatic heterocycles. The minimum atomic E-state index is -0.720. The van der Waals surface area contributed by atoms with Gasteiger partial charge in [0, 0.05) is 12.1 Å². The van der Waals surface area contributed by atoms with Gasteiger partial charge in [-0.3, -0.25) is 9.69 Å². The fourth-order valence-electron chi connectivity index (χ4n) is 1.79. The number of hydrogen-bond acceptors (Lipinski definition) is 2. The Balaban J connectivity index is 2.35. The average molecular weight is 282 g/mol. The van der Waals surface area contributed by atoms with E-state index in [0.29, 0.717) is 6.54 Å². The zero-order chi connectivity index (χ0) is 14.0. The molecule has 1 aromatic rings. The molecule has 0 spiro atoms. The number of amides is 1. The number of hydrogen-bond donors (Lipinski definition) is 1. The molecule has 1 amide bonds. The molecule has 1 aliphatic rings. The highest BCUT2D eigenvalue weighted by molar-refractivity contribution is 7.80. The molecule has 2 rings (SSSR count). The van der Waals surface area contributed by atoms with Gasteiger partial charge in [0.1, 0.15) is 17.3 Å². The Morgan fingerprint density at radius 2 is 2.00 bits per heavy atom. The number of halogens is 2. The second kappa shape index (κ2) is 5.44. The van der Waals surface area contributed by atoms with Crippen LogP contribution in [-0.4, -0.2) is 22.5 Å². The van der Waals surface area contributed by atoms with Gasteiger partial charge < -0.3 is 5.32 Å². The van der Waals surface area contributed by atoms with E-state index in [2.05, 4.69) is 5.32 Å². The molecule has 0 aliphatic carbocycles. The van der Waals surface area contributed by atoms with Crippen LogP contribution >= 0.6 is 12.2 Å². The van der Waals surface area contributed by atoms with E-state index < -0.39 is 11.6 Å². The first kappa shape index (κ1) is 13.6. The molecule has 0 unspecified atom stereocenters. The van der Waals surface area contributed by atoms with E-state index in [0.717, 1.165) is 24.6 Å². The molecule has 1 heterocycles. The molecule has 19 heavy (non-hydrogen) atoms. The fraction of sp³-hybridized carbons (Fsp3) is 0.231. The van der Waals surface area contributed by atoms with Gasteiger partial charge in [-0.1, -0.05) is 13.0 Å². The average Bonchev–Trinajstić information content (AvgIpc) is 2.62. The van der Waals surface area contributed by atoms with Gasteiger partial charge in [0.25, 0.3) is 5.91 Å². The summed E-state index contributed by atoms with van der Waals surface area (Å²) < 4.78 is 27.0. The predicted octanol–water partition coefficient (Wildman–Crippen LogP) is 2.43. The maximum Gasteiger partial charge on any atom is 0.276 e. The van der Waals surface area contributed by atoms with Gasteiger partial charge in [-0.25, -0.2) is 8.78 Å². The molecule has 1 saturated heterocycles. The lowest BCUT2D eigenvalue weighted by Crippen LogP contribution is -2.31. The summed E-state index contributed by atoms with van der Waals surface area (Å²) in [5, 5.41) is 2.94. The third-order valence-corrected chi connectivity index (χ3v) is 3.02. The van der Waals surface area contributed by atoms with Crippen molar-refractivity contribution < 1.29 is 13.6 Å². The van der Waals surface area contributed by atoms with Crippen LogP contribution in [0.1, 0.15) is 18.9 Å². The maximum absolute atomic E-state index is 13.5. The van der Waals surface area contributed by atoms with E-state index in [9.17, 15) is 13.6 Å². The molecule has 100 valence electrons. The second-order valence-electron chi connectivity index (χ2n) is 4.08. The van der Waals surface area contributed by atoms with E-state index in [1.54, 1.807) is 0 Å². The molecule has 0 aromatic heterocycles. The van der Waals surface area contributed by atoms with Crippen LogP contribution in [0, 0.1) is 11.6 Å². The highest BCUT2D eigenvalue weighted by atomic mass is 32.1. The molecule has 1 aromatic carbocycles. The molecular weight excluding hydrogens is 270 g/mol. The summed E-state index contributed by atoms with van der Waals surface area (Å²) >= 11 is 5.01. The van der Waals surface area contributed by atoms with Crippen molar-refractivity contribution in [2.75, 3.05) is 6.54 Å². The SMILES string of the molecule is CCCN1C(=O)/C(=C\c2c(F)cccc2F)NC1=S. The number of benzene rings is 1. The van der Waals surface area contributed by atoms with Crippen LogP contribution in [0.3, 0.4) is 0 Å². The molecule has 0 bridgehead atoms. The van der Waals surface area contributed by atoms with Crippen LogP contribution in [0.25, 0.3) is 6.08 Å². The fourth-order valence-corrected chi connectivity index (χ4v) is 2.08. The van der Waals surface area contributed by atoms with E-state index >= 15 is 0 Å². The van der Waals surface area contributed by atoms with Crippen molar-refractivity contribution in [1.82, 2.24) is 10.2 Å². The highest BCUT2D eigenvalue weighted by Gasteiger charge is 2.30. The quantitative estimate of drug-likeness (QED) is 0.682. The molecular formula is C13H12F2N2OS. The largest absolute Gasteiger partial charge is 0.328 e. The minimum absolute atomic E-state index is 0.0856. The number of carbonyl (C=O) groups excluding carboxylic acids is 1. The maximum atomic E-state index is 13.5. The van der Waals surface area contributed by atoms with Crippen LogP contribution in [0.4, 0.5) is 8.78 Å². The van der Waals surface area contributed by atoms with Crippen LogP contribution in [0.15, 0.2) is 23.9 Å². The first-order valence-corrected chi connectivity index (χ1v) is 6.24. The third kappa shape index (κ3) is 2.63. The summed E-state index contributed by atoms with van der Waals surface area (Å²) in [6, 6.07) is 3.54. The first-order valence-electron chi connectivity index (χ1n) is 5.83. The molecule has 0 atom stereocenters. The Kier molecular flexibility index (Phi) is 3.90. The molecule has 3 nitrogen and oxygen atoms in total. The molecule has 0 radical (unpaired) electrons. The zero-order valence-electron chi connectivity index (χ0n) is 10.2. The Labute approximate surface area is 114 Å². The predicted molar refractivity (Wildman–Crippen MR) is 72.1 cm³/mol. The van der Waals surface area contributed by atoms with Crippen molar-refractivity contribution in [3.63, 3.8) is 0 Å². The van der Waals surface area contributed by atoms with Crippen LogP contribution in [0.2, 0.25) is 0 Å². The molecule has 1 fully saturated rings. The van der Waals surface area contributed by atoms with Gasteiger partial charge in [0.15, 0.2) is 5.11 Å². The van der Waals surface area contributed by atoms with Crippen LogP contribution in [0.5, 0.6) is 0 Å². The van der Waals surface area contributed by atoms with E-state index in [1.807, 2.05) is 6.92 Å². The summed E-state index contributed by atoms with van der Waals surface area (Å²) in [5.41, 5.74) is -0.165. The van der Waals surface area contributed by atoms with Crippen LogP contribution in [-0.2, 0) is 4.79 Å². The van der Waals surface area contributed by atoms with Crippen molar-refractivity contribution in [3.05, 3.63) is 41.1 Å². The van der Waals surface area contributed by atoms with Crippen molar-refractivity contribution >= 4 is 29.3 Å². The topological polar surface area (TPSA) is 32.3 Å². The Bertz CT molecular complexity index is 552. The number of carbonyl (C=O) groups is 1. The Morgan fingerprint density at radius 3 is 2.58 bits per heavy atom. The molecule has 1 N–H and O–H groups in total. The monoisotopic (exact) mass is 282 g/mol. The first-order chi connectivity index (χ1) is 9.04. The summed E-state index contributed by atoms with van der Waals surface area (Å²) in [4.78, 5) is 13.4. The second-order valence-corrected chi connectivity index (χ2v) is 4.47. The summed E-state index contributed by atoms with van der Waals surface area (Å²) in [5.74, 6) is -1.81. The number of nitrogens with zero attached hydrogens (tertiary/aromatic N) is 1. The lowest BCUT2D eigenvalue weighted by Gasteiger charge is -2.11. The van der Waals surface area contributed by atoms with Gasteiger partial charge in [-0.05, 0) is 36.8 Å². The smallest absolute Gasteiger partial charge is 0.276 e. The standard InChI is InChI=1S/C13H12F2N2OS/c1-2-6-17-12(18)11(16-13(17)19)7-8-9(14)4-3-5-10(8)15/h3-5,7H,2,6H2,1H3,(H,16,19)/b11-7+. The van der Waals surface area contributed by atoms with Gasteiger partial charge in [-0.15, -0.1) is 0 Å². The number of thiocarbonyl (C=S) groups is 1. The van der Waals surface area contributed by atoms with Gasteiger partial charge in [0.2, 0.25) is 0 Å². The van der Waals surface area contributed by atoms with Crippen molar-refractivity contribution in [1.29, 1.82) is 0 Å². The number of rotatable bonds is 3. The number of nitrogens with one attached hydrogen (secondary N) is 1. The summed E-state index contributed by atoms with van der Waals surface area (Å²) in [6.45, 7) is 2.38. The highest BCUT2D eigenvalue weighted by Crippen LogP contribution is 2.19. The normalized spacial score (nSPS) is 17.2. The van der Waals surface area contributed by atoms with Gasteiger partial charge in [-0.2, -0.15) is 0 Å². The molecule has 6 heteroatoms. The van der Waals surface area contributed by atoms with E-state index in [4.69, 9.17) is 12.2 Å². The lowest BCUT2D eigenvalue weighted by atomic mass is 10.1. The van der Waals surface area contributed by atoms with Crippen LogP contribution < -0.4 is 5.32 Å². The van der Waals surface area contributed by atoms with Crippen molar-refractivity contribution in [3.8, 4) is 0 Å². The van der Waals surface area contributed by atoms with Crippen molar-refractivity contribution in [2.24, 2.45) is 0 Å². The summed E-state index contributed by atoms with van der Waals surface area (Å²) in [7, 11) is 0. The van der Waals surface area contributed by atoms with E-state index in [-0.39, 0.29) is 22.3 Å². The van der Waals surface area contributed by atoms with E-state index in [1.165, 1.54) is 11.0 Å². The summed E-state index contributed by atoms with van der Waals surface area (Å²) in [6.07, 6.45) is 1.89. The third-order valence-electron chi connectivity index (χ3n) is 2.70. The lowest BCUT2D eigenvalue weighted by molar-refractivity contribution is -0.122. The Hall–Kier alpha value is -1.82. The Morgan fingerprint density at radius 1 is 1.37 bits per heavy atom. The zero-order valence-corrected chi connectivity index (χ0v) is 11.1. The van der Waals surface area contributed by atoms with Gasteiger partial charge in [0.05, 0.1) is 0 Å². The molecule has 0 saturated carbocycles. The van der Waals surface area contributed by atoms with Crippen molar-refractivity contribution in [2.45, 2.75) is 13.3 Å². The van der Waals surface area contributed by atoms with Gasteiger partial charge >= 0.3 is 0 Å².